The smallest absolute Gasteiger partial charge is 0.134 e. The standard InChI is InChI=1S/C11H20N2O/c1-12(2)10-5-6-13(8-10)9-3-4-11(14)7-9/h9-10H,3-8H2,1-2H3. The molecule has 2 atom stereocenters. The number of hydrogen-bond donors (Lipinski definition) is 0. The van der Waals surface area contributed by atoms with Crippen molar-refractivity contribution in [3.63, 3.8) is 0 Å². The van der Waals surface area contributed by atoms with Crippen molar-refractivity contribution in [3.05, 3.63) is 0 Å². The van der Waals surface area contributed by atoms with Gasteiger partial charge >= 0.3 is 0 Å². The second kappa shape index (κ2) is 3.99. The molecule has 80 valence electrons. The molecule has 0 bridgehead atoms. The van der Waals surface area contributed by atoms with Gasteiger partial charge in [-0.25, -0.2) is 0 Å². The molecule has 3 nitrogen and oxygen atoms in total. The minimum Gasteiger partial charge on any atom is -0.305 e. The lowest BCUT2D eigenvalue weighted by Gasteiger charge is -2.24. The Kier molecular flexibility index (Phi) is 2.88. The van der Waals surface area contributed by atoms with Gasteiger partial charge in [0.25, 0.3) is 0 Å². The molecule has 1 saturated carbocycles. The molecule has 3 heteroatoms. The minimum atomic E-state index is 0.461. The van der Waals surface area contributed by atoms with Gasteiger partial charge in [0.1, 0.15) is 5.78 Å². The van der Waals surface area contributed by atoms with E-state index in [0.29, 0.717) is 17.9 Å². The van der Waals surface area contributed by atoms with E-state index in [2.05, 4.69) is 23.9 Å². The number of likely N-dealkylation sites (N-methyl/N-ethyl adjacent to an activating group) is 1. The molecule has 2 unspecified atom stereocenters. The van der Waals surface area contributed by atoms with Crippen LogP contribution in [0.25, 0.3) is 0 Å². The summed E-state index contributed by atoms with van der Waals surface area (Å²) in [5.74, 6) is 0.461. The van der Waals surface area contributed by atoms with Crippen LogP contribution in [0.1, 0.15) is 25.7 Å². The number of likely N-dealkylation sites (tertiary alicyclic amines) is 1. The van der Waals surface area contributed by atoms with Gasteiger partial charge in [-0.3, -0.25) is 9.69 Å². The van der Waals surface area contributed by atoms with Crippen LogP contribution in [-0.2, 0) is 4.79 Å². The van der Waals surface area contributed by atoms with E-state index in [1.54, 1.807) is 0 Å². The lowest BCUT2D eigenvalue weighted by atomic mass is 10.2. The van der Waals surface area contributed by atoms with Gasteiger partial charge in [0.05, 0.1) is 0 Å². The third-order valence-corrected chi connectivity index (χ3v) is 3.66. The number of carbonyl (C=O) groups excluding carboxylic acids is 1. The van der Waals surface area contributed by atoms with E-state index < -0.39 is 0 Å². The van der Waals surface area contributed by atoms with E-state index in [9.17, 15) is 4.79 Å². The summed E-state index contributed by atoms with van der Waals surface area (Å²) in [6.07, 6.45) is 3.98. The topological polar surface area (TPSA) is 23.6 Å². The summed E-state index contributed by atoms with van der Waals surface area (Å²) < 4.78 is 0. The molecular weight excluding hydrogens is 176 g/mol. The van der Waals surface area contributed by atoms with Crippen molar-refractivity contribution < 1.29 is 4.79 Å². The van der Waals surface area contributed by atoms with Crippen LogP contribution in [0, 0.1) is 0 Å². The molecule has 0 amide bonds. The number of nitrogens with zero attached hydrogens (tertiary/aromatic N) is 2. The van der Waals surface area contributed by atoms with Crippen LogP contribution < -0.4 is 0 Å². The molecule has 0 radical (unpaired) electrons. The Morgan fingerprint density at radius 2 is 2.14 bits per heavy atom. The average molecular weight is 196 g/mol. The van der Waals surface area contributed by atoms with Crippen LogP contribution in [0.2, 0.25) is 0 Å². The van der Waals surface area contributed by atoms with E-state index in [-0.39, 0.29) is 0 Å². The van der Waals surface area contributed by atoms with Crippen LogP contribution in [0.4, 0.5) is 0 Å². The van der Waals surface area contributed by atoms with Crippen LogP contribution in [0.5, 0.6) is 0 Å². The molecule has 14 heavy (non-hydrogen) atoms. The lowest BCUT2D eigenvalue weighted by Crippen LogP contribution is -2.36. The maximum absolute atomic E-state index is 11.2. The average Bonchev–Trinajstić information content (AvgIpc) is 2.70. The Bertz CT molecular complexity index is 227. The van der Waals surface area contributed by atoms with Crippen LogP contribution >= 0.6 is 0 Å². The van der Waals surface area contributed by atoms with Gasteiger partial charge in [-0.05, 0) is 26.9 Å². The molecule has 1 aliphatic carbocycles. The van der Waals surface area contributed by atoms with Gasteiger partial charge in [0, 0.05) is 38.0 Å². The summed E-state index contributed by atoms with van der Waals surface area (Å²) in [6, 6.07) is 1.26. The van der Waals surface area contributed by atoms with E-state index >= 15 is 0 Å². The first-order valence-electron chi connectivity index (χ1n) is 5.59. The Morgan fingerprint density at radius 1 is 1.36 bits per heavy atom. The second-order valence-electron chi connectivity index (χ2n) is 4.84. The molecule has 2 fully saturated rings. The molecule has 2 rings (SSSR count). The molecule has 0 aromatic heterocycles. The fourth-order valence-electron chi connectivity index (χ4n) is 2.63. The van der Waals surface area contributed by atoms with Crippen molar-refractivity contribution in [1.29, 1.82) is 0 Å². The van der Waals surface area contributed by atoms with Gasteiger partial charge in [0.2, 0.25) is 0 Å². The highest BCUT2D eigenvalue weighted by atomic mass is 16.1. The Labute approximate surface area is 86.1 Å². The number of ketones is 1. The first kappa shape index (κ1) is 10.1. The largest absolute Gasteiger partial charge is 0.305 e. The number of rotatable bonds is 2. The van der Waals surface area contributed by atoms with Crippen LogP contribution in [0.15, 0.2) is 0 Å². The van der Waals surface area contributed by atoms with E-state index in [1.165, 1.54) is 13.0 Å². The zero-order valence-corrected chi connectivity index (χ0v) is 9.20. The highest BCUT2D eigenvalue weighted by molar-refractivity contribution is 5.81. The summed E-state index contributed by atoms with van der Waals surface area (Å²) in [6.45, 7) is 2.34. The highest BCUT2D eigenvalue weighted by Crippen LogP contribution is 2.25. The third kappa shape index (κ3) is 1.98. The summed E-state index contributed by atoms with van der Waals surface area (Å²) in [5.41, 5.74) is 0. The summed E-state index contributed by atoms with van der Waals surface area (Å²) in [5, 5.41) is 0. The molecule has 1 heterocycles. The predicted molar refractivity (Wildman–Crippen MR) is 56.3 cm³/mol. The number of hydrogen-bond acceptors (Lipinski definition) is 3. The molecule has 0 aromatic rings. The molecule has 0 aromatic carbocycles. The maximum Gasteiger partial charge on any atom is 0.134 e. The van der Waals surface area contributed by atoms with Crippen molar-refractivity contribution in [2.75, 3.05) is 27.2 Å². The SMILES string of the molecule is CN(C)C1CCN(C2CCC(=O)C2)C1. The lowest BCUT2D eigenvalue weighted by molar-refractivity contribution is -0.117. The number of Topliss-reactive ketones (excluding diaryl/α,β-unsaturated/α-hetero) is 1. The first-order valence-corrected chi connectivity index (χ1v) is 5.59. The molecule has 0 N–H and O–H groups in total. The Morgan fingerprint density at radius 3 is 2.64 bits per heavy atom. The molecular formula is C11H20N2O. The predicted octanol–water partition coefficient (Wildman–Crippen LogP) is 0.744. The van der Waals surface area contributed by atoms with Crippen molar-refractivity contribution in [2.24, 2.45) is 0 Å². The van der Waals surface area contributed by atoms with Crippen molar-refractivity contribution in [1.82, 2.24) is 9.80 Å². The van der Waals surface area contributed by atoms with E-state index in [0.717, 1.165) is 25.8 Å². The third-order valence-electron chi connectivity index (χ3n) is 3.66. The van der Waals surface area contributed by atoms with E-state index in [1.807, 2.05) is 0 Å². The summed E-state index contributed by atoms with van der Waals surface area (Å²) >= 11 is 0. The van der Waals surface area contributed by atoms with Crippen LogP contribution in [0.3, 0.4) is 0 Å². The molecule has 1 aliphatic heterocycles. The molecule has 0 spiro atoms. The highest BCUT2D eigenvalue weighted by Gasteiger charge is 2.33. The van der Waals surface area contributed by atoms with Crippen molar-refractivity contribution >= 4 is 5.78 Å². The van der Waals surface area contributed by atoms with Gasteiger partial charge in [-0.1, -0.05) is 0 Å². The van der Waals surface area contributed by atoms with Gasteiger partial charge in [-0.2, -0.15) is 0 Å². The fraction of sp³-hybridized carbons (Fsp3) is 0.909. The van der Waals surface area contributed by atoms with Gasteiger partial charge in [-0.15, -0.1) is 0 Å². The first-order chi connectivity index (χ1) is 6.66. The van der Waals surface area contributed by atoms with Gasteiger partial charge < -0.3 is 4.90 Å². The zero-order chi connectivity index (χ0) is 10.1. The molecule has 1 saturated heterocycles. The Balaban J connectivity index is 1.86. The zero-order valence-electron chi connectivity index (χ0n) is 9.20. The summed E-state index contributed by atoms with van der Waals surface area (Å²) in [4.78, 5) is 16.0. The van der Waals surface area contributed by atoms with Crippen molar-refractivity contribution in [3.8, 4) is 0 Å². The molecule has 2 aliphatic rings. The van der Waals surface area contributed by atoms with Crippen LogP contribution in [-0.4, -0.2) is 54.9 Å². The quantitative estimate of drug-likeness (QED) is 0.651. The van der Waals surface area contributed by atoms with E-state index in [4.69, 9.17) is 0 Å². The monoisotopic (exact) mass is 196 g/mol. The van der Waals surface area contributed by atoms with Crippen molar-refractivity contribution in [2.45, 2.75) is 37.8 Å². The Hall–Kier alpha value is -0.410. The normalized spacial score (nSPS) is 34.6. The fourth-order valence-corrected chi connectivity index (χ4v) is 2.63. The second-order valence-corrected chi connectivity index (χ2v) is 4.84. The van der Waals surface area contributed by atoms with Gasteiger partial charge in [0.15, 0.2) is 0 Å². The maximum atomic E-state index is 11.2. The number of carbonyl (C=O) groups is 1. The summed E-state index contributed by atoms with van der Waals surface area (Å²) in [7, 11) is 4.29. The minimum absolute atomic E-state index is 0.461.